The predicted molar refractivity (Wildman–Crippen MR) is 80.1 cm³/mol. The Kier molecular flexibility index (Phi) is 5.50. The maximum Gasteiger partial charge on any atom is 0.122 e. The highest BCUT2D eigenvalue weighted by molar-refractivity contribution is 5.13. The Labute approximate surface area is 125 Å². The van der Waals surface area contributed by atoms with Crippen LogP contribution >= 0.6 is 0 Å². The van der Waals surface area contributed by atoms with E-state index in [1.165, 1.54) is 0 Å². The van der Waals surface area contributed by atoms with Crippen LogP contribution in [0.3, 0.4) is 0 Å². The van der Waals surface area contributed by atoms with Crippen LogP contribution in [-0.2, 0) is 6.54 Å². The zero-order valence-electron chi connectivity index (χ0n) is 12.2. The largest absolute Gasteiger partial charge is 0.465 e. The number of pyridine rings is 1. The standard InChI is InChI=1S/C16H20N4O/c1-13-5-6-16(21-13)15(10-18)20(9-3-7-17)12-14-4-2-8-19-11-14/h2,4-6,8,11,15H,3,9-10,12,18H2,1H3. The summed E-state index contributed by atoms with van der Waals surface area (Å²) in [6.07, 6.45) is 4.04. The van der Waals surface area contributed by atoms with Gasteiger partial charge >= 0.3 is 0 Å². The monoisotopic (exact) mass is 284 g/mol. The van der Waals surface area contributed by atoms with Crippen molar-refractivity contribution in [2.75, 3.05) is 13.1 Å². The molecule has 0 aromatic carbocycles. The Morgan fingerprint density at radius 1 is 1.43 bits per heavy atom. The lowest BCUT2D eigenvalue weighted by Gasteiger charge is -2.28. The van der Waals surface area contributed by atoms with Crippen molar-refractivity contribution in [2.24, 2.45) is 5.73 Å². The molecule has 110 valence electrons. The average molecular weight is 284 g/mol. The molecule has 0 fully saturated rings. The molecule has 2 rings (SSSR count). The Bertz CT molecular complexity index is 588. The maximum atomic E-state index is 8.87. The molecular weight excluding hydrogens is 264 g/mol. The van der Waals surface area contributed by atoms with Crippen molar-refractivity contribution < 1.29 is 4.42 Å². The second kappa shape index (κ2) is 7.58. The Morgan fingerprint density at radius 3 is 2.86 bits per heavy atom. The van der Waals surface area contributed by atoms with Crippen LogP contribution < -0.4 is 5.73 Å². The number of aromatic nitrogens is 1. The molecule has 0 aliphatic heterocycles. The zero-order chi connectivity index (χ0) is 15.1. The van der Waals surface area contributed by atoms with Crippen LogP contribution in [0.2, 0.25) is 0 Å². The maximum absolute atomic E-state index is 8.87. The third-order valence-corrected chi connectivity index (χ3v) is 3.37. The van der Waals surface area contributed by atoms with Gasteiger partial charge in [-0.05, 0) is 30.7 Å². The lowest BCUT2D eigenvalue weighted by molar-refractivity contribution is 0.173. The molecule has 2 aromatic rings. The molecule has 21 heavy (non-hydrogen) atoms. The summed E-state index contributed by atoms with van der Waals surface area (Å²) in [4.78, 5) is 6.30. The topological polar surface area (TPSA) is 79.1 Å². The molecule has 0 bridgehead atoms. The smallest absolute Gasteiger partial charge is 0.122 e. The van der Waals surface area contributed by atoms with Crippen molar-refractivity contribution in [1.82, 2.24) is 9.88 Å². The zero-order valence-corrected chi connectivity index (χ0v) is 12.2. The first-order chi connectivity index (χ1) is 10.2. The molecule has 0 saturated carbocycles. The quantitative estimate of drug-likeness (QED) is 0.844. The van der Waals surface area contributed by atoms with Crippen LogP contribution in [0.1, 0.15) is 29.5 Å². The van der Waals surface area contributed by atoms with E-state index in [4.69, 9.17) is 15.4 Å². The van der Waals surface area contributed by atoms with Gasteiger partial charge in [0.05, 0.1) is 12.1 Å². The van der Waals surface area contributed by atoms with Crippen LogP contribution in [0.15, 0.2) is 41.1 Å². The lowest BCUT2D eigenvalue weighted by Crippen LogP contribution is -2.34. The van der Waals surface area contributed by atoms with E-state index in [1.54, 1.807) is 6.20 Å². The molecule has 0 amide bonds. The van der Waals surface area contributed by atoms with Gasteiger partial charge in [-0.1, -0.05) is 6.07 Å². The summed E-state index contributed by atoms with van der Waals surface area (Å²) in [6.45, 7) is 3.70. The molecular formula is C16H20N4O. The molecule has 0 saturated heterocycles. The second-order valence-corrected chi connectivity index (χ2v) is 4.94. The fourth-order valence-electron chi connectivity index (χ4n) is 2.34. The Morgan fingerprint density at radius 2 is 2.29 bits per heavy atom. The van der Waals surface area contributed by atoms with Crippen molar-refractivity contribution in [3.8, 4) is 6.07 Å². The van der Waals surface area contributed by atoms with Gasteiger partial charge in [0.2, 0.25) is 0 Å². The number of hydrogen-bond acceptors (Lipinski definition) is 5. The summed E-state index contributed by atoms with van der Waals surface area (Å²) in [5.74, 6) is 1.71. The van der Waals surface area contributed by atoms with Gasteiger partial charge in [-0.15, -0.1) is 0 Å². The van der Waals surface area contributed by atoms with Crippen LogP contribution in [0, 0.1) is 18.3 Å². The molecule has 5 nitrogen and oxygen atoms in total. The Hall–Kier alpha value is -2.16. The van der Waals surface area contributed by atoms with E-state index in [9.17, 15) is 0 Å². The lowest BCUT2D eigenvalue weighted by atomic mass is 10.1. The summed E-state index contributed by atoms with van der Waals surface area (Å²) in [7, 11) is 0. The number of aryl methyl sites for hydroxylation is 1. The minimum atomic E-state index is -0.0349. The van der Waals surface area contributed by atoms with Crippen LogP contribution in [0.4, 0.5) is 0 Å². The normalized spacial score (nSPS) is 12.3. The molecule has 2 heterocycles. The number of nitrogens with zero attached hydrogens (tertiary/aromatic N) is 3. The molecule has 2 aromatic heterocycles. The fourth-order valence-corrected chi connectivity index (χ4v) is 2.34. The van der Waals surface area contributed by atoms with E-state index in [2.05, 4.69) is 16.0 Å². The van der Waals surface area contributed by atoms with Crippen molar-refractivity contribution in [2.45, 2.75) is 25.9 Å². The van der Waals surface area contributed by atoms with Gasteiger partial charge in [0.15, 0.2) is 0 Å². The highest BCUT2D eigenvalue weighted by atomic mass is 16.3. The summed E-state index contributed by atoms with van der Waals surface area (Å²) in [5, 5.41) is 8.87. The van der Waals surface area contributed by atoms with Gasteiger partial charge < -0.3 is 10.2 Å². The molecule has 1 atom stereocenters. The highest BCUT2D eigenvalue weighted by Crippen LogP contribution is 2.24. The summed E-state index contributed by atoms with van der Waals surface area (Å²) in [6, 6.07) is 9.98. The number of hydrogen-bond donors (Lipinski definition) is 1. The first kappa shape index (κ1) is 15.2. The number of rotatable bonds is 7. The van der Waals surface area contributed by atoms with Crippen molar-refractivity contribution in [3.05, 3.63) is 53.7 Å². The highest BCUT2D eigenvalue weighted by Gasteiger charge is 2.22. The first-order valence-electron chi connectivity index (χ1n) is 7.01. The van der Waals surface area contributed by atoms with Crippen molar-refractivity contribution in [1.29, 1.82) is 5.26 Å². The third kappa shape index (κ3) is 4.15. The first-order valence-corrected chi connectivity index (χ1v) is 7.01. The summed E-state index contributed by atoms with van der Waals surface area (Å²) < 4.78 is 5.71. The average Bonchev–Trinajstić information content (AvgIpc) is 2.92. The molecule has 0 radical (unpaired) electrons. The molecule has 0 aliphatic rings. The molecule has 0 aliphatic carbocycles. The molecule has 2 N–H and O–H groups in total. The van der Waals surface area contributed by atoms with E-state index in [1.807, 2.05) is 37.4 Å². The van der Waals surface area contributed by atoms with E-state index < -0.39 is 0 Å². The van der Waals surface area contributed by atoms with Gasteiger partial charge in [-0.2, -0.15) is 5.26 Å². The Balaban J connectivity index is 2.19. The van der Waals surface area contributed by atoms with Crippen LogP contribution in [0.5, 0.6) is 0 Å². The molecule has 5 heteroatoms. The minimum absolute atomic E-state index is 0.0349. The van der Waals surface area contributed by atoms with E-state index in [-0.39, 0.29) is 6.04 Å². The van der Waals surface area contributed by atoms with Gasteiger partial charge in [0.25, 0.3) is 0 Å². The number of nitriles is 1. The van der Waals surface area contributed by atoms with Crippen LogP contribution in [0.25, 0.3) is 0 Å². The predicted octanol–water partition coefficient (Wildman–Crippen LogP) is 2.40. The van der Waals surface area contributed by atoms with Gasteiger partial charge in [-0.25, -0.2) is 0 Å². The van der Waals surface area contributed by atoms with E-state index >= 15 is 0 Å². The second-order valence-electron chi connectivity index (χ2n) is 4.94. The fraction of sp³-hybridized carbons (Fsp3) is 0.375. The SMILES string of the molecule is Cc1ccc(C(CN)N(CCC#N)Cc2cccnc2)o1. The van der Waals surface area contributed by atoms with Crippen molar-refractivity contribution >= 4 is 0 Å². The van der Waals surface area contributed by atoms with Gasteiger partial charge in [0.1, 0.15) is 11.5 Å². The summed E-state index contributed by atoms with van der Waals surface area (Å²) >= 11 is 0. The minimum Gasteiger partial charge on any atom is -0.465 e. The number of nitrogens with two attached hydrogens (primary N) is 1. The third-order valence-electron chi connectivity index (χ3n) is 3.37. The summed E-state index contributed by atoms with van der Waals surface area (Å²) in [5.41, 5.74) is 7.03. The number of furan rings is 1. The van der Waals surface area contributed by atoms with Gasteiger partial charge in [0, 0.05) is 38.4 Å². The van der Waals surface area contributed by atoms with Gasteiger partial charge in [-0.3, -0.25) is 9.88 Å². The van der Waals surface area contributed by atoms with Crippen LogP contribution in [-0.4, -0.2) is 23.0 Å². The van der Waals surface area contributed by atoms with Crippen molar-refractivity contribution in [3.63, 3.8) is 0 Å². The van der Waals surface area contributed by atoms with E-state index in [0.29, 0.717) is 26.1 Å². The molecule has 1 unspecified atom stereocenters. The van der Waals surface area contributed by atoms with E-state index in [0.717, 1.165) is 17.1 Å². The molecule has 0 spiro atoms.